The molecule has 0 N–H and O–H groups in total. The van der Waals surface area contributed by atoms with Crippen molar-refractivity contribution in [2.75, 3.05) is 0 Å². The molecular weight excluding hydrogens is 311 g/mol. The lowest BCUT2D eigenvalue weighted by Gasteiger charge is -2.08. The van der Waals surface area contributed by atoms with Gasteiger partial charge >= 0.3 is 0 Å². The van der Waals surface area contributed by atoms with E-state index >= 15 is 0 Å². The Morgan fingerprint density at radius 3 is 2.48 bits per heavy atom. The number of hydrogen-bond donors (Lipinski definition) is 0. The predicted octanol–water partition coefficient (Wildman–Crippen LogP) is 2.67. The highest BCUT2D eigenvalue weighted by atomic mass is 19.2. The molecular formula is C15H10F3N3O2. The van der Waals surface area contributed by atoms with Crippen molar-refractivity contribution in [1.82, 2.24) is 14.8 Å². The molecule has 23 heavy (non-hydrogen) atoms. The van der Waals surface area contributed by atoms with Crippen LogP contribution in [0.3, 0.4) is 0 Å². The first-order valence-corrected chi connectivity index (χ1v) is 6.58. The molecule has 0 fully saturated rings. The van der Waals surface area contributed by atoms with Crippen molar-refractivity contribution in [3.63, 3.8) is 0 Å². The summed E-state index contributed by atoms with van der Waals surface area (Å²) < 4.78 is 46.1. The molecule has 0 radical (unpaired) electrons. The first kappa shape index (κ1) is 15.0. The average Bonchev–Trinajstić information content (AvgIpc) is 2.93. The molecule has 2 heterocycles. The van der Waals surface area contributed by atoms with Crippen molar-refractivity contribution in [3.8, 4) is 11.5 Å². The van der Waals surface area contributed by atoms with Crippen molar-refractivity contribution in [3.05, 3.63) is 69.7 Å². The Kier molecular flexibility index (Phi) is 3.73. The van der Waals surface area contributed by atoms with Crippen LogP contribution in [0.4, 0.5) is 13.2 Å². The van der Waals surface area contributed by atoms with E-state index in [0.29, 0.717) is 17.5 Å². The molecule has 0 aliphatic carbocycles. The Bertz CT molecular complexity index is 934. The third-order valence-corrected chi connectivity index (χ3v) is 3.20. The highest BCUT2D eigenvalue weighted by molar-refractivity contribution is 5.50. The van der Waals surface area contributed by atoms with E-state index in [2.05, 4.69) is 10.2 Å². The van der Waals surface area contributed by atoms with E-state index in [4.69, 9.17) is 4.42 Å². The molecule has 0 atom stereocenters. The van der Waals surface area contributed by atoms with Crippen LogP contribution < -0.4 is 5.56 Å². The third kappa shape index (κ3) is 3.01. The van der Waals surface area contributed by atoms with Crippen LogP contribution in [0.15, 0.2) is 39.7 Å². The average molecular weight is 321 g/mol. The van der Waals surface area contributed by atoms with Crippen molar-refractivity contribution in [2.24, 2.45) is 0 Å². The monoisotopic (exact) mass is 321 g/mol. The van der Waals surface area contributed by atoms with Crippen molar-refractivity contribution in [2.45, 2.75) is 13.5 Å². The van der Waals surface area contributed by atoms with Crippen LogP contribution in [0, 0.1) is 24.4 Å². The Balaban J connectivity index is 1.93. The predicted molar refractivity (Wildman–Crippen MR) is 74.1 cm³/mol. The number of aryl methyl sites for hydroxylation is 1. The molecule has 0 aliphatic rings. The van der Waals surface area contributed by atoms with Crippen LogP contribution in [-0.4, -0.2) is 14.8 Å². The summed E-state index contributed by atoms with van der Waals surface area (Å²) in [4.78, 5) is 12.1. The molecule has 0 spiro atoms. The van der Waals surface area contributed by atoms with E-state index in [0.717, 1.165) is 10.6 Å². The second-order valence-corrected chi connectivity index (χ2v) is 4.87. The molecule has 2 aromatic heterocycles. The largest absolute Gasteiger partial charge is 0.421 e. The van der Waals surface area contributed by atoms with Crippen LogP contribution in [0.1, 0.15) is 11.5 Å². The zero-order valence-corrected chi connectivity index (χ0v) is 11.9. The minimum atomic E-state index is -1.28. The fourth-order valence-electron chi connectivity index (χ4n) is 2.05. The summed E-state index contributed by atoms with van der Waals surface area (Å²) in [5, 5.41) is 7.45. The summed E-state index contributed by atoms with van der Waals surface area (Å²) in [6.07, 6.45) is 1.39. The number of halogens is 3. The van der Waals surface area contributed by atoms with Gasteiger partial charge in [-0.05, 0) is 12.1 Å². The fraction of sp³-hybridized carbons (Fsp3) is 0.133. The molecule has 3 rings (SSSR count). The molecule has 5 nitrogen and oxygen atoms in total. The molecule has 0 saturated heterocycles. The maximum atomic E-state index is 13.6. The van der Waals surface area contributed by atoms with Gasteiger partial charge in [-0.3, -0.25) is 4.79 Å². The van der Waals surface area contributed by atoms with Crippen molar-refractivity contribution >= 4 is 0 Å². The van der Waals surface area contributed by atoms with Crippen LogP contribution in [0.5, 0.6) is 0 Å². The maximum Gasteiger partial charge on any atom is 0.251 e. The summed E-state index contributed by atoms with van der Waals surface area (Å²) in [5.41, 5.74) is -0.188. The molecule has 0 unspecified atom stereocenters. The second kappa shape index (κ2) is 5.71. The van der Waals surface area contributed by atoms with Crippen LogP contribution >= 0.6 is 0 Å². The summed E-state index contributed by atoms with van der Waals surface area (Å²) in [6.45, 7) is 1.38. The summed E-state index contributed by atoms with van der Waals surface area (Å²) >= 11 is 0. The number of nitrogens with zero attached hydrogens (tertiary/aromatic N) is 3. The van der Waals surface area contributed by atoms with E-state index in [-0.39, 0.29) is 18.0 Å². The van der Waals surface area contributed by atoms with Gasteiger partial charge in [-0.2, -0.15) is 0 Å². The van der Waals surface area contributed by atoms with Gasteiger partial charge in [0.05, 0.1) is 6.54 Å². The molecule has 0 amide bonds. The minimum absolute atomic E-state index is 0.132. The zero-order chi connectivity index (χ0) is 16.6. The van der Waals surface area contributed by atoms with Gasteiger partial charge in [0, 0.05) is 36.4 Å². The Hall–Kier alpha value is -2.90. The lowest BCUT2D eigenvalue weighted by atomic mass is 10.2. The van der Waals surface area contributed by atoms with E-state index in [1.165, 1.54) is 18.3 Å². The lowest BCUT2D eigenvalue weighted by Crippen LogP contribution is -2.20. The van der Waals surface area contributed by atoms with Gasteiger partial charge in [0.2, 0.25) is 11.8 Å². The van der Waals surface area contributed by atoms with E-state index in [1.54, 1.807) is 6.92 Å². The zero-order valence-electron chi connectivity index (χ0n) is 11.9. The summed E-state index contributed by atoms with van der Waals surface area (Å²) in [5.74, 6) is -2.83. The molecule has 0 saturated carbocycles. The van der Waals surface area contributed by atoms with E-state index < -0.39 is 23.0 Å². The van der Waals surface area contributed by atoms with Crippen LogP contribution in [0.25, 0.3) is 11.5 Å². The number of hydrogen-bond acceptors (Lipinski definition) is 4. The summed E-state index contributed by atoms with van der Waals surface area (Å²) in [6, 6.07) is 3.95. The Morgan fingerprint density at radius 1 is 1.09 bits per heavy atom. The summed E-state index contributed by atoms with van der Waals surface area (Å²) in [7, 11) is 0. The van der Waals surface area contributed by atoms with Gasteiger partial charge in [0.25, 0.3) is 5.56 Å². The fourth-order valence-corrected chi connectivity index (χ4v) is 2.05. The maximum absolute atomic E-state index is 13.6. The second-order valence-electron chi connectivity index (χ2n) is 4.87. The lowest BCUT2D eigenvalue weighted by molar-refractivity contribution is 0.487. The van der Waals surface area contributed by atoms with Gasteiger partial charge < -0.3 is 8.98 Å². The SMILES string of the molecule is Cc1nnc(-c2ccn(Cc3cc(F)c(F)cc3F)c(=O)c2)o1. The quantitative estimate of drug-likeness (QED) is 0.696. The molecule has 0 aliphatic heterocycles. The third-order valence-electron chi connectivity index (χ3n) is 3.20. The Morgan fingerprint density at radius 2 is 1.83 bits per heavy atom. The first-order chi connectivity index (χ1) is 10.9. The number of rotatable bonds is 3. The van der Waals surface area contributed by atoms with Gasteiger partial charge in [0.1, 0.15) is 5.82 Å². The molecule has 1 aromatic carbocycles. The van der Waals surface area contributed by atoms with Crippen molar-refractivity contribution < 1.29 is 17.6 Å². The number of benzene rings is 1. The van der Waals surface area contributed by atoms with Gasteiger partial charge in [-0.25, -0.2) is 13.2 Å². The highest BCUT2D eigenvalue weighted by Crippen LogP contribution is 2.17. The van der Waals surface area contributed by atoms with E-state index in [1.807, 2.05) is 0 Å². The smallest absolute Gasteiger partial charge is 0.251 e. The van der Waals surface area contributed by atoms with Crippen LogP contribution in [0.2, 0.25) is 0 Å². The standard InChI is InChI=1S/C15H10F3N3O2/c1-8-19-20-15(23-8)9-2-3-21(14(22)5-9)7-10-4-12(17)13(18)6-11(10)16/h2-6H,7H2,1H3. The Labute approximate surface area is 128 Å². The topological polar surface area (TPSA) is 60.9 Å². The van der Waals surface area contributed by atoms with Crippen molar-refractivity contribution in [1.29, 1.82) is 0 Å². The highest BCUT2D eigenvalue weighted by Gasteiger charge is 2.12. The van der Waals surface area contributed by atoms with E-state index in [9.17, 15) is 18.0 Å². The molecule has 118 valence electrons. The van der Waals surface area contributed by atoms with Crippen LogP contribution in [-0.2, 0) is 6.54 Å². The molecule has 0 bridgehead atoms. The number of pyridine rings is 1. The van der Waals surface area contributed by atoms with Gasteiger partial charge in [-0.1, -0.05) is 0 Å². The number of aromatic nitrogens is 3. The molecule has 8 heteroatoms. The normalized spacial score (nSPS) is 11.0. The first-order valence-electron chi connectivity index (χ1n) is 6.58. The van der Waals surface area contributed by atoms with Gasteiger partial charge in [0.15, 0.2) is 11.6 Å². The molecule has 3 aromatic rings. The minimum Gasteiger partial charge on any atom is -0.421 e. The van der Waals surface area contributed by atoms with Gasteiger partial charge in [-0.15, -0.1) is 10.2 Å².